The first-order valence-corrected chi connectivity index (χ1v) is 7.28. The summed E-state index contributed by atoms with van der Waals surface area (Å²) in [6, 6.07) is 0.678. The molecule has 1 N–H and O–H groups in total. The molecular weight excluding hydrogens is 250 g/mol. The average Bonchev–Trinajstić information content (AvgIpc) is 2.97. The molecule has 0 aliphatic rings. The molecule has 110 valence electrons. The molecule has 0 saturated heterocycles. The van der Waals surface area contributed by atoms with Crippen LogP contribution in [0.3, 0.4) is 0 Å². The molecule has 2 atom stereocenters. The van der Waals surface area contributed by atoms with E-state index in [1.54, 1.807) is 0 Å². The second kappa shape index (κ2) is 6.22. The Morgan fingerprint density at radius 1 is 1.30 bits per heavy atom. The van der Waals surface area contributed by atoms with Crippen molar-refractivity contribution in [2.45, 2.75) is 59.8 Å². The molecule has 0 aliphatic heterocycles. The summed E-state index contributed by atoms with van der Waals surface area (Å²) >= 11 is 0. The van der Waals surface area contributed by atoms with Crippen molar-refractivity contribution in [3.8, 4) is 0 Å². The van der Waals surface area contributed by atoms with Crippen molar-refractivity contribution in [2.24, 2.45) is 0 Å². The van der Waals surface area contributed by atoms with E-state index in [2.05, 4.69) is 59.3 Å². The van der Waals surface area contributed by atoms with E-state index in [1.165, 1.54) is 11.3 Å². The number of rotatable bonds is 6. The average molecular weight is 275 g/mol. The zero-order chi connectivity index (χ0) is 14.7. The molecule has 2 aromatic heterocycles. The van der Waals surface area contributed by atoms with Gasteiger partial charge >= 0.3 is 0 Å². The Morgan fingerprint density at radius 2 is 2.05 bits per heavy atom. The van der Waals surface area contributed by atoms with Crippen molar-refractivity contribution in [1.82, 2.24) is 24.6 Å². The van der Waals surface area contributed by atoms with Gasteiger partial charge in [0.15, 0.2) is 0 Å². The van der Waals surface area contributed by atoms with Crippen LogP contribution in [0.15, 0.2) is 18.7 Å². The summed E-state index contributed by atoms with van der Waals surface area (Å²) < 4.78 is 4.17. The fourth-order valence-corrected chi connectivity index (χ4v) is 2.92. The Hall–Kier alpha value is -1.62. The number of hydrogen-bond donors (Lipinski definition) is 1. The first kappa shape index (κ1) is 14.8. The number of aromatic nitrogens is 4. The quantitative estimate of drug-likeness (QED) is 0.881. The highest BCUT2D eigenvalue weighted by Gasteiger charge is 2.18. The van der Waals surface area contributed by atoms with Crippen molar-refractivity contribution in [2.75, 3.05) is 0 Å². The van der Waals surface area contributed by atoms with Gasteiger partial charge in [-0.25, -0.2) is 4.98 Å². The molecule has 2 heterocycles. The predicted molar refractivity (Wildman–Crippen MR) is 80.6 cm³/mol. The van der Waals surface area contributed by atoms with Crippen molar-refractivity contribution in [3.63, 3.8) is 0 Å². The zero-order valence-electron chi connectivity index (χ0n) is 13.1. The van der Waals surface area contributed by atoms with Gasteiger partial charge in [0, 0.05) is 48.8 Å². The van der Waals surface area contributed by atoms with Crippen molar-refractivity contribution >= 4 is 0 Å². The van der Waals surface area contributed by atoms with Gasteiger partial charge in [-0.15, -0.1) is 0 Å². The molecule has 5 nitrogen and oxygen atoms in total. The summed E-state index contributed by atoms with van der Waals surface area (Å²) in [5.41, 5.74) is 3.71. The summed E-state index contributed by atoms with van der Waals surface area (Å²) in [4.78, 5) is 4.08. The van der Waals surface area contributed by atoms with Gasteiger partial charge in [-0.2, -0.15) is 5.10 Å². The van der Waals surface area contributed by atoms with Crippen molar-refractivity contribution in [1.29, 1.82) is 0 Å². The molecule has 2 unspecified atom stereocenters. The summed E-state index contributed by atoms with van der Waals surface area (Å²) in [6.07, 6.45) is 5.67. The van der Waals surface area contributed by atoms with Gasteiger partial charge in [0.1, 0.15) is 0 Å². The van der Waals surface area contributed by atoms with Crippen LogP contribution in [0.5, 0.6) is 0 Å². The lowest BCUT2D eigenvalue weighted by atomic mass is 10.1. The second-order valence-corrected chi connectivity index (χ2v) is 5.45. The molecule has 0 spiro atoms. The van der Waals surface area contributed by atoms with Crippen molar-refractivity contribution in [3.05, 3.63) is 35.7 Å². The van der Waals surface area contributed by atoms with Crippen LogP contribution in [-0.2, 0) is 13.1 Å². The molecule has 0 radical (unpaired) electrons. The molecule has 0 amide bonds. The van der Waals surface area contributed by atoms with E-state index < -0.39 is 0 Å². The fourth-order valence-electron chi connectivity index (χ4n) is 2.92. The van der Waals surface area contributed by atoms with Crippen LogP contribution in [0.1, 0.15) is 43.8 Å². The largest absolute Gasteiger partial charge is 0.336 e. The highest BCUT2D eigenvalue weighted by molar-refractivity contribution is 5.27. The second-order valence-electron chi connectivity index (χ2n) is 5.45. The Morgan fingerprint density at radius 3 is 2.60 bits per heavy atom. The lowest BCUT2D eigenvalue weighted by Crippen LogP contribution is -2.32. The number of imidazole rings is 1. The standard InChI is InChI=1S/C15H25N5/c1-6-20-14(5)15(13(4)18-20)12(3)17-11(2)9-19-8-7-16-10-19/h7-8,10-12,17H,6,9H2,1-5H3. The summed E-state index contributed by atoms with van der Waals surface area (Å²) in [5.74, 6) is 0. The van der Waals surface area contributed by atoms with Gasteiger partial charge in [-0.1, -0.05) is 0 Å². The molecule has 2 rings (SSSR count). The molecule has 0 aliphatic carbocycles. The van der Waals surface area contributed by atoms with Crippen LogP contribution in [0.4, 0.5) is 0 Å². The molecule has 0 bridgehead atoms. The Balaban J connectivity index is 2.04. The third kappa shape index (κ3) is 3.10. The SMILES string of the molecule is CCn1nc(C)c(C(C)NC(C)Cn2ccnc2)c1C. The maximum absolute atomic E-state index is 4.59. The monoisotopic (exact) mass is 275 g/mol. The van der Waals surface area contributed by atoms with E-state index in [4.69, 9.17) is 0 Å². The Bertz CT molecular complexity index is 541. The Labute approximate surface area is 121 Å². The first-order chi connectivity index (χ1) is 9.52. The van der Waals surface area contributed by atoms with Crippen LogP contribution in [0.2, 0.25) is 0 Å². The van der Waals surface area contributed by atoms with Crippen LogP contribution in [0, 0.1) is 13.8 Å². The molecule has 0 fully saturated rings. The normalized spacial score (nSPS) is 14.4. The lowest BCUT2D eigenvalue weighted by Gasteiger charge is -2.21. The number of nitrogens with one attached hydrogen (secondary N) is 1. The third-order valence-corrected chi connectivity index (χ3v) is 3.75. The minimum atomic E-state index is 0.300. The first-order valence-electron chi connectivity index (χ1n) is 7.28. The van der Waals surface area contributed by atoms with Crippen LogP contribution in [0.25, 0.3) is 0 Å². The predicted octanol–water partition coefficient (Wildman–Crippen LogP) is 2.46. The zero-order valence-corrected chi connectivity index (χ0v) is 13.1. The van der Waals surface area contributed by atoms with E-state index in [9.17, 15) is 0 Å². The van der Waals surface area contributed by atoms with Crippen LogP contribution in [-0.4, -0.2) is 25.4 Å². The number of hydrogen-bond acceptors (Lipinski definition) is 3. The van der Waals surface area contributed by atoms with E-state index in [-0.39, 0.29) is 0 Å². The smallest absolute Gasteiger partial charge is 0.0946 e. The molecule has 0 aromatic carbocycles. The van der Waals surface area contributed by atoms with Gasteiger partial charge in [-0.3, -0.25) is 4.68 Å². The highest BCUT2D eigenvalue weighted by atomic mass is 15.3. The van der Waals surface area contributed by atoms with Crippen LogP contribution >= 0.6 is 0 Å². The van der Waals surface area contributed by atoms with E-state index >= 15 is 0 Å². The summed E-state index contributed by atoms with van der Waals surface area (Å²) in [7, 11) is 0. The summed E-state index contributed by atoms with van der Waals surface area (Å²) in [6.45, 7) is 12.6. The topological polar surface area (TPSA) is 47.7 Å². The Kier molecular flexibility index (Phi) is 4.60. The molecule has 2 aromatic rings. The lowest BCUT2D eigenvalue weighted by molar-refractivity contribution is 0.428. The minimum Gasteiger partial charge on any atom is -0.336 e. The van der Waals surface area contributed by atoms with Gasteiger partial charge in [0.05, 0.1) is 12.0 Å². The van der Waals surface area contributed by atoms with Gasteiger partial charge in [-0.05, 0) is 34.6 Å². The third-order valence-electron chi connectivity index (χ3n) is 3.75. The highest BCUT2D eigenvalue weighted by Crippen LogP contribution is 2.21. The maximum Gasteiger partial charge on any atom is 0.0946 e. The van der Waals surface area contributed by atoms with Gasteiger partial charge in [0.25, 0.3) is 0 Å². The summed E-state index contributed by atoms with van der Waals surface area (Å²) in [5, 5.41) is 8.25. The molecule has 20 heavy (non-hydrogen) atoms. The van der Waals surface area contributed by atoms with Gasteiger partial charge in [0.2, 0.25) is 0 Å². The van der Waals surface area contributed by atoms with E-state index in [0.717, 1.165) is 18.8 Å². The van der Waals surface area contributed by atoms with E-state index in [1.807, 2.05) is 18.7 Å². The number of nitrogens with zero attached hydrogens (tertiary/aromatic N) is 4. The van der Waals surface area contributed by atoms with Crippen LogP contribution < -0.4 is 5.32 Å². The molecular formula is C15H25N5. The van der Waals surface area contributed by atoms with Crippen molar-refractivity contribution < 1.29 is 0 Å². The minimum absolute atomic E-state index is 0.300. The molecule has 0 saturated carbocycles. The maximum atomic E-state index is 4.59. The van der Waals surface area contributed by atoms with Gasteiger partial charge < -0.3 is 9.88 Å². The number of aryl methyl sites for hydroxylation is 2. The van der Waals surface area contributed by atoms with E-state index in [0.29, 0.717) is 12.1 Å². The molecule has 5 heteroatoms. The fraction of sp³-hybridized carbons (Fsp3) is 0.600.